The molecule has 1 amide bonds. The van der Waals surface area contributed by atoms with Crippen LogP contribution in [-0.2, 0) is 9.59 Å². The largest absolute Gasteiger partial charge is 0.481 e. The molecule has 0 saturated heterocycles. The van der Waals surface area contributed by atoms with E-state index in [2.05, 4.69) is 30.9 Å². The van der Waals surface area contributed by atoms with E-state index in [1.54, 1.807) is 12.1 Å². The van der Waals surface area contributed by atoms with Crippen LogP contribution >= 0.6 is 0 Å². The fourth-order valence-corrected chi connectivity index (χ4v) is 3.11. The maximum absolute atomic E-state index is 12.3. The standard InChI is InChI=1S/C20H23N7O6/c1-9-13(24-15-16(23-9)26-20(21)27-18(15)31)8-22-11-4-2-10(3-5-11)17(30)25-12(19(32)33)6-7-14(28)29/h2-5,9,12,22H,6-8H2,1H3,(H,25,30)(H,28,29)(H,32,33)(H4,21,23,26,27,31). The lowest BCUT2D eigenvalue weighted by Gasteiger charge is -2.23. The van der Waals surface area contributed by atoms with Gasteiger partial charge in [0.1, 0.15) is 6.04 Å². The average molecular weight is 457 g/mol. The molecule has 33 heavy (non-hydrogen) atoms. The lowest BCUT2D eigenvalue weighted by atomic mass is 10.1. The van der Waals surface area contributed by atoms with Gasteiger partial charge in [-0.2, -0.15) is 4.98 Å². The molecule has 13 heteroatoms. The number of carboxylic acid groups (broad SMARTS) is 2. The van der Waals surface area contributed by atoms with E-state index in [1.165, 1.54) is 12.1 Å². The van der Waals surface area contributed by atoms with Crippen LogP contribution in [0.1, 0.15) is 30.1 Å². The van der Waals surface area contributed by atoms with Crippen molar-refractivity contribution >= 4 is 46.7 Å². The monoisotopic (exact) mass is 457 g/mol. The summed E-state index contributed by atoms with van der Waals surface area (Å²) in [7, 11) is 0. The molecular formula is C20H23N7O6. The van der Waals surface area contributed by atoms with E-state index in [0.29, 0.717) is 23.8 Å². The second kappa shape index (κ2) is 9.80. The highest BCUT2D eigenvalue weighted by atomic mass is 16.4. The van der Waals surface area contributed by atoms with Crippen molar-refractivity contribution in [2.24, 2.45) is 4.99 Å². The lowest BCUT2D eigenvalue weighted by Crippen LogP contribution is -2.41. The van der Waals surface area contributed by atoms with Crippen LogP contribution in [0.25, 0.3) is 0 Å². The zero-order chi connectivity index (χ0) is 24.1. The topological polar surface area (TPSA) is 212 Å². The number of carbonyl (C=O) groups is 3. The van der Waals surface area contributed by atoms with Gasteiger partial charge >= 0.3 is 11.9 Å². The lowest BCUT2D eigenvalue weighted by molar-refractivity contribution is -0.140. The molecule has 0 spiro atoms. The van der Waals surface area contributed by atoms with Crippen molar-refractivity contribution in [2.75, 3.05) is 22.9 Å². The number of carbonyl (C=O) groups excluding carboxylic acids is 1. The van der Waals surface area contributed by atoms with Crippen LogP contribution in [0.3, 0.4) is 0 Å². The van der Waals surface area contributed by atoms with E-state index < -0.39 is 29.4 Å². The number of nitrogens with two attached hydrogens (primary N) is 1. The Hall–Kier alpha value is -4.42. The number of nitrogens with one attached hydrogen (secondary N) is 4. The number of hydrogen-bond donors (Lipinski definition) is 7. The zero-order valence-electron chi connectivity index (χ0n) is 17.6. The number of hydrogen-bond acceptors (Lipinski definition) is 9. The molecule has 8 N–H and O–H groups in total. The molecule has 0 bridgehead atoms. The molecule has 1 aromatic carbocycles. The Balaban J connectivity index is 1.63. The van der Waals surface area contributed by atoms with Crippen LogP contribution in [0.4, 0.5) is 23.1 Å². The van der Waals surface area contributed by atoms with Gasteiger partial charge in [-0.05, 0) is 37.6 Å². The van der Waals surface area contributed by atoms with Crippen LogP contribution in [0.2, 0.25) is 0 Å². The molecule has 2 unspecified atom stereocenters. The quantitative estimate of drug-likeness (QED) is 0.275. The van der Waals surface area contributed by atoms with Crippen molar-refractivity contribution in [3.05, 3.63) is 40.2 Å². The number of carboxylic acids is 2. The molecule has 0 fully saturated rings. The fourth-order valence-electron chi connectivity index (χ4n) is 3.11. The number of benzene rings is 1. The molecular weight excluding hydrogens is 434 g/mol. The number of nitrogens with zero attached hydrogens (tertiary/aromatic N) is 2. The number of amides is 1. The predicted octanol–water partition coefficient (Wildman–Crippen LogP) is 0.399. The van der Waals surface area contributed by atoms with E-state index in [4.69, 9.17) is 15.9 Å². The van der Waals surface area contributed by atoms with Crippen molar-refractivity contribution in [3.63, 3.8) is 0 Å². The molecule has 0 aliphatic carbocycles. The molecule has 2 atom stereocenters. The summed E-state index contributed by atoms with van der Waals surface area (Å²) in [6.45, 7) is 2.17. The molecule has 174 valence electrons. The highest BCUT2D eigenvalue weighted by molar-refractivity contribution is 6.00. The first kappa shape index (κ1) is 23.2. The van der Waals surface area contributed by atoms with Crippen molar-refractivity contribution in [1.82, 2.24) is 15.3 Å². The molecule has 2 heterocycles. The number of nitrogen functional groups attached to an aromatic ring is 1. The van der Waals surface area contributed by atoms with Gasteiger partial charge in [0.2, 0.25) is 5.95 Å². The first-order valence-electron chi connectivity index (χ1n) is 9.97. The van der Waals surface area contributed by atoms with Gasteiger partial charge in [0, 0.05) is 17.7 Å². The van der Waals surface area contributed by atoms with Gasteiger partial charge in [0.05, 0.1) is 18.3 Å². The van der Waals surface area contributed by atoms with E-state index in [-0.39, 0.29) is 36.1 Å². The summed E-state index contributed by atoms with van der Waals surface area (Å²) in [5.74, 6) is -2.78. The SMILES string of the molecule is CC1Nc2nc(N)[nH]c(=O)c2N=C1CNc1ccc(C(=O)NC(CCC(=O)O)C(=O)O)cc1. The number of rotatable bonds is 9. The molecule has 1 aromatic heterocycles. The minimum Gasteiger partial charge on any atom is -0.481 e. The van der Waals surface area contributed by atoms with Crippen molar-refractivity contribution in [2.45, 2.75) is 31.8 Å². The van der Waals surface area contributed by atoms with Gasteiger partial charge in [-0.25, -0.2) is 9.79 Å². The maximum atomic E-state index is 12.3. The second-order valence-electron chi connectivity index (χ2n) is 7.35. The minimum atomic E-state index is -1.31. The van der Waals surface area contributed by atoms with Crippen LogP contribution in [0, 0.1) is 0 Å². The van der Waals surface area contributed by atoms with Gasteiger partial charge in [-0.15, -0.1) is 0 Å². The van der Waals surface area contributed by atoms with Crippen molar-refractivity contribution in [3.8, 4) is 0 Å². The van der Waals surface area contributed by atoms with E-state index >= 15 is 0 Å². The third kappa shape index (κ3) is 5.84. The smallest absolute Gasteiger partial charge is 0.326 e. The Morgan fingerprint density at radius 3 is 2.55 bits per heavy atom. The molecule has 0 radical (unpaired) electrons. The summed E-state index contributed by atoms with van der Waals surface area (Å²) in [4.78, 5) is 57.1. The molecule has 1 aliphatic rings. The first-order valence-corrected chi connectivity index (χ1v) is 9.97. The van der Waals surface area contributed by atoms with E-state index in [9.17, 15) is 19.2 Å². The zero-order valence-corrected chi connectivity index (χ0v) is 17.6. The number of aromatic amines is 1. The third-order valence-electron chi connectivity index (χ3n) is 4.89. The molecule has 1 aliphatic heterocycles. The van der Waals surface area contributed by atoms with Gasteiger partial charge in [-0.1, -0.05) is 0 Å². The van der Waals surface area contributed by atoms with E-state index in [0.717, 1.165) is 0 Å². The maximum Gasteiger partial charge on any atom is 0.326 e. The van der Waals surface area contributed by atoms with Gasteiger partial charge in [-0.3, -0.25) is 19.4 Å². The Labute approximate surface area is 187 Å². The summed E-state index contributed by atoms with van der Waals surface area (Å²) in [6.07, 6.45) is -0.602. The number of aromatic nitrogens is 2. The van der Waals surface area contributed by atoms with Gasteiger partial charge in [0.25, 0.3) is 11.5 Å². The van der Waals surface area contributed by atoms with Gasteiger partial charge in [0.15, 0.2) is 11.5 Å². The summed E-state index contributed by atoms with van der Waals surface area (Å²) in [5, 5.41) is 26.4. The van der Waals surface area contributed by atoms with Crippen molar-refractivity contribution in [1.29, 1.82) is 0 Å². The van der Waals surface area contributed by atoms with Crippen LogP contribution < -0.4 is 27.2 Å². The summed E-state index contributed by atoms with van der Waals surface area (Å²) < 4.78 is 0. The van der Waals surface area contributed by atoms with Crippen LogP contribution in [0.5, 0.6) is 0 Å². The number of aliphatic carboxylic acids is 2. The Morgan fingerprint density at radius 2 is 1.91 bits per heavy atom. The van der Waals surface area contributed by atoms with E-state index in [1.807, 2.05) is 6.92 Å². The molecule has 3 rings (SSSR count). The molecule has 13 nitrogen and oxygen atoms in total. The number of fused-ring (bicyclic) bond motifs is 1. The highest BCUT2D eigenvalue weighted by Gasteiger charge is 2.23. The molecule has 2 aromatic rings. The summed E-state index contributed by atoms with van der Waals surface area (Å²) >= 11 is 0. The number of H-pyrrole nitrogens is 1. The summed E-state index contributed by atoms with van der Waals surface area (Å²) in [6, 6.07) is 4.76. The summed E-state index contributed by atoms with van der Waals surface area (Å²) in [5.41, 5.74) is 6.78. The Morgan fingerprint density at radius 1 is 1.21 bits per heavy atom. The molecule has 0 saturated carbocycles. The van der Waals surface area contributed by atoms with Gasteiger partial charge < -0.3 is 31.9 Å². The highest BCUT2D eigenvalue weighted by Crippen LogP contribution is 2.24. The van der Waals surface area contributed by atoms with Crippen molar-refractivity contribution < 1.29 is 24.6 Å². The second-order valence-corrected chi connectivity index (χ2v) is 7.35. The normalized spacial score (nSPS) is 15.4. The third-order valence-corrected chi connectivity index (χ3v) is 4.89. The first-order chi connectivity index (χ1) is 15.6. The average Bonchev–Trinajstić information content (AvgIpc) is 2.75. The predicted molar refractivity (Wildman–Crippen MR) is 120 cm³/mol. The number of aliphatic imine (C=N–C) groups is 1. The Kier molecular flexibility index (Phi) is 6.91. The fraction of sp³-hybridized carbons (Fsp3) is 0.300. The Bertz CT molecular complexity index is 1160. The van der Waals surface area contributed by atoms with Crippen LogP contribution in [0.15, 0.2) is 34.1 Å². The van der Waals surface area contributed by atoms with Crippen LogP contribution in [-0.4, -0.2) is 62.4 Å². The minimum absolute atomic E-state index is 0.00378. The number of anilines is 3.